The Hall–Kier alpha value is -2.55. The monoisotopic (exact) mass is 348 g/mol. The molecule has 0 N–H and O–H groups in total. The molecule has 0 amide bonds. The van der Waals surface area contributed by atoms with Gasteiger partial charge in [-0.25, -0.2) is 8.42 Å². The second-order valence-electron chi connectivity index (χ2n) is 5.70. The number of fused-ring (bicyclic) bond motifs is 2. The molecule has 9 heteroatoms. The lowest BCUT2D eigenvalue weighted by molar-refractivity contribution is 0.414. The summed E-state index contributed by atoms with van der Waals surface area (Å²) in [6.45, 7) is 1.60. The van der Waals surface area contributed by atoms with Gasteiger partial charge in [-0.2, -0.15) is 10.1 Å². The lowest BCUT2D eigenvalue weighted by Crippen LogP contribution is -2.34. The molecule has 1 aromatic carbocycles. The van der Waals surface area contributed by atoms with Crippen LogP contribution in [0.2, 0.25) is 0 Å². The molecule has 0 fully saturated rings. The fourth-order valence-corrected chi connectivity index (χ4v) is 3.69. The summed E-state index contributed by atoms with van der Waals surface area (Å²) >= 11 is 0. The third kappa shape index (κ3) is 2.41. The van der Waals surface area contributed by atoms with Crippen LogP contribution in [0.1, 0.15) is 5.69 Å². The maximum Gasteiger partial charge on any atom is 0.298 e. The lowest BCUT2D eigenvalue weighted by Gasteiger charge is -2.26. The van der Waals surface area contributed by atoms with E-state index in [9.17, 15) is 8.42 Å². The van der Waals surface area contributed by atoms with E-state index >= 15 is 0 Å². The Morgan fingerprint density at radius 3 is 2.88 bits per heavy atom. The molecule has 2 aromatic heterocycles. The quantitative estimate of drug-likeness (QED) is 0.707. The molecular formula is C15H16N4O4S. The first kappa shape index (κ1) is 15.0. The molecule has 3 aromatic rings. The SMILES string of the molecule is COc1ccc2nc(N3CCn4ncc(S(C)(=O)=O)c4C3)oc2c1. The number of benzene rings is 1. The Morgan fingerprint density at radius 1 is 1.29 bits per heavy atom. The second kappa shape index (κ2) is 5.23. The summed E-state index contributed by atoms with van der Waals surface area (Å²) in [5.74, 6) is 0.696. The predicted molar refractivity (Wildman–Crippen MR) is 86.9 cm³/mol. The van der Waals surface area contributed by atoms with Crippen LogP contribution in [0.4, 0.5) is 6.01 Å². The van der Waals surface area contributed by atoms with E-state index in [0.717, 1.165) is 5.52 Å². The molecule has 1 aliphatic rings. The number of rotatable bonds is 3. The van der Waals surface area contributed by atoms with E-state index < -0.39 is 9.84 Å². The number of oxazole rings is 1. The highest BCUT2D eigenvalue weighted by atomic mass is 32.2. The van der Waals surface area contributed by atoms with Gasteiger partial charge in [0, 0.05) is 18.9 Å². The van der Waals surface area contributed by atoms with Crippen molar-refractivity contribution in [1.82, 2.24) is 14.8 Å². The van der Waals surface area contributed by atoms with Gasteiger partial charge in [-0.05, 0) is 12.1 Å². The molecule has 0 atom stereocenters. The number of ether oxygens (including phenoxy) is 1. The first-order valence-corrected chi connectivity index (χ1v) is 9.29. The van der Waals surface area contributed by atoms with Gasteiger partial charge < -0.3 is 14.1 Å². The summed E-state index contributed by atoms with van der Waals surface area (Å²) in [7, 11) is -1.72. The molecule has 0 saturated carbocycles. The molecule has 8 nitrogen and oxygen atoms in total. The third-order valence-corrected chi connectivity index (χ3v) is 5.23. The van der Waals surface area contributed by atoms with Crippen molar-refractivity contribution in [3.63, 3.8) is 0 Å². The highest BCUT2D eigenvalue weighted by Gasteiger charge is 2.27. The van der Waals surface area contributed by atoms with E-state index in [1.807, 2.05) is 17.0 Å². The Kier molecular flexibility index (Phi) is 3.27. The zero-order chi connectivity index (χ0) is 16.9. The van der Waals surface area contributed by atoms with Crippen LogP contribution in [0.3, 0.4) is 0 Å². The van der Waals surface area contributed by atoms with Crippen LogP contribution in [0.25, 0.3) is 11.1 Å². The molecule has 3 heterocycles. The number of methoxy groups -OCH3 is 1. The maximum atomic E-state index is 11.9. The van der Waals surface area contributed by atoms with Crippen molar-refractivity contribution < 1.29 is 17.6 Å². The van der Waals surface area contributed by atoms with Gasteiger partial charge in [0.25, 0.3) is 6.01 Å². The van der Waals surface area contributed by atoms with Crippen molar-refractivity contribution in [2.24, 2.45) is 0 Å². The molecule has 0 spiro atoms. The number of hydrogen-bond donors (Lipinski definition) is 0. The number of anilines is 1. The van der Waals surface area contributed by atoms with Crippen LogP contribution >= 0.6 is 0 Å². The van der Waals surface area contributed by atoms with Crippen LogP contribution in [0, 0.1) is 0 Å². The summed E-state index contributed by atoms with van der Waals surface area (Å²) in [5, 5.41) is 4.16. The largest absolute Gasteiger partial charge is 0.497 e. The van der Waals surface area contributed by atoms with Gasteiger partial charge in [-0.15, -0.1) is 0 Å². The summed E-state index contributed by atoms with van der Waals surface area (Å²) in [6.07, 6.45) is 2.60. The number of hydrogen-bond acceptors (Lipinski definition) is 7. The van der Waals surface area contributed by atoms with Gasteiger partial charge in [-0.1, -0.05) is 0 Å². The van der Waals surface area contributed by atoms with Crippen LogP contribution < -0.4 is 9.64 Å². The average Bonchev–Trinajstić information content (AvgIpc) is 3.16. The predicted octanol–water partition coefficient (Wildman–Crippen LogP) is 1.46. The minimum Gasteiger partial charge on any atom is -0.497 e. The van der Waals surface area contributed by atoms with E-state index in [0.29, 0.717) is 42.7 Å². The van der Waals surface area contributed by atoms with E-state index in [2.05, 4.69) is 10.1 Å². The average molecular weight is 348 g/mol. The van der Waals surface area contributed by atoms with Crippen molar-refractivity contribution in [2.45, 2.75) is 18.0 Å². The molecule has 0 aliphatic carbocycles. The molecule has 24 heavy (non-hydrogen) atoms. The topological polar surface area (TPSA) is 90.5 Å². The van der Waals surface area contributed by atoms with E-state index in [4.69, 9.17) is 9.15 Å². The zero-order valence-corrected chi connectivity index (χ0v) is 14.1. The summed E-state index contributed by atoms with van der Waals surface area (Å²) in [5.41, 5.74) is 2.02. The number of sulfone groups is 1. The first-order chi connectivity index (χ1) is 11.5. The van der Waals surface area contributed by atoms with E-state index in [-0.39, 0.29) is 4.90 Å². The first-order valence-electron chi connectivity index (χ1n) is 7.40. The molecular weight excluding hydrogens is 332 g/mol. The fourth-order valence-electron chi connectivity index (χ4n) is 2.85. The minimum atomic E-state index is -3.32. The Bertz CT molecular complexity index is 1020. The molecule has 126 valence electrons. The van der Waals surface area contributed by atoms with Crippen LogP contribution in [-0.2, 0) is 22.9 Å². The van der Waals surface area contributed by atoms with Crippen molar-refractivity contribution in [1.29, 1.82) is 0 Å². The molecule has 0 bridgehead atoms. The zero-order valence-electron chi connectivity index (χ0n) is 13.3. The Labute approximate surface area is 138 Å². The van der Waals surface area contributed by atoms with Gasteiger partial charge >= 0.3 is 0 Å². The Morgan fingerprint density at radius 2 is 2.12 bits per heavy atom. The number of nitrogens with zero attached hydrogens (tertiary/aromatic N) is 4. The van der Waals surface area contributed by atoms with Crippen molar-refractivity contribution in [3.8, 4) is 5.75 Å². The van der Waals surface area contributed by atoms with Crippen LogP contribution in [0.5, 0.6) is 5.75 Å². The molecule has 0 saturated heterocycles. The fraction of sp³-hybridized carbons (Fsp3) is 0.333. The summed E-state index contributed by atoms with van der Waals surface area (Å²) in [6, 6.07) is 5.89. The molecule has 0 radical (unpaired) electrons. The van der Waals surface area contributed by atoms with Gasteiger partial charge in [0.05, 0.1) is 32.1 Å². The van der Waals surface area contributed by atoms with Gasteiger partial charge in [0.15, 0.2) is 15.4 Å². The summed E-state index contributed by atoms with van der Waals surface area (Å²) < 4.78 is 36.5. The van der Waals surface area contributed by atoms with Crippen molar-refractivity contribution in [2.75, 3.05) is 24.8 Å². The minimum absolute atomic E-state index is 0.255. The van der Waals surface area contributed by atoms with Gasteiger partial charge in [-0.3, -0.25) is 4.68 Å². The molecule has 1 aliphatic heterocycles. The standard InChI is InChI=1S/C15H16N4O4S/c1-22-10-3-4-11-13(7-10)23-15(17-11)18-5-6-19-12(9-18)14(8-16-19)24(2,20)21/h3-4,7-8H,5-6,9H2,1-2H3. The molecule has 0 unspecified atom stereocenters. The third-order valence-electron chi connectivity index (χ3n) is 4.09. The second-order valence-corrected chi connectivity index (χ2v) is 7.69. The van der Waals surface area contributed by atoms with E-state index in [1.54, 1.807) is 17.9 Å². The van der Waals surface area contributed by atoms with Gasteiger partial charge in [0.1, 0.15) is 16.2 Å². The molecule has 4 rings (SSSR count). The van der Waals surface area contributed by atoms with Gasteiger partial charge in [0.2, 0.25) is 0 Å². The smallest absolute Gasteiger partial charge is 0.298 e. The maximum absolute atomic E-state index is 11.9. The normalized spacial score (nSPS) is 14.8. The summed E-state index contributed by atoms with van der Waals surface area (Å²) in [4.78, 5) is 6.65. The number of aromatic nitrogens is 3. The highest BCUT2D eigenvalue weighted by molar-refractivity contribution is 7.90. The lowest BCUT2D eigenvalue weighted by atomic mass is 10.3. The van der Waals surface area contributed by atoms with Crippen LogP contribution in [-0.4, -0.2) is 43.1 Å². The van der Waals surface area contributed by atoms with Crippen LogP contribution in [0.15, 0.2) is 33.7 Å². The van der Waals surface area contributed by atoms with Crippen molar-refractivity contribution in [3.05, 3.63) is 30.1 Å². The Balaban J connectivity index is 1.71. The van der Waals surface area contributed by atoms with Crippen molar-refractivity contribution >= 4 is 27.0 Å². The highest BCUT2D eigenvalue weighted by Crippen LogP contribution is 2.29. The van der Waals surface area contributed by atoms with E-state index in [1.165, 1.54) is 12.5 Å².